The first-order chi connectivity index (χ1) is 14.3. The number of aryl methyl sites for hydroxylation is 1. The number of methoxy groups -OCH3 is 1. The molecule has 0 saturated carbocycles. The Morgan fingerprint density at radius 3 is 2.43 bits per heavy atom. The number of benzene rings is 2. The highest BCUT2D eigenvalue weighted by atomic mass is 16.5. The van der Waals surface area contributed by atoms with Crippen molar-refractivity contribution < 1.29 is 9.53 Å². The summed E-state index contributed by atoms with van der Waals surface area (Å²) in [5.41, 5.74) is 4.06. The second-order valence-electron chi connectivity index (χ2n) is 8.51. The lowest BCUT2D eigenvalue weighted by Crippen LogP contribution is -2.29. The summed E-state index contributed by atoms with van der Waals surface area (Å²) in [6.45, 7) is 6.22. The van der Waals surface area contributed by atoms with Gasteiger partial charge in [0.05, 0.1) is 18.4 Å². The molecule has 1 aliphatic rings. The highest BCUT2D eigenvalue weighted by Crippen LogP contribution is 2.38. The van der Waals surface area contributed by atoms with Gasteiger partial charge in [-0.3, -0.25) is 4.79 Å². The molecule has 4 rings (SSSR count). The first-order valence-corrected chi connectivity index (χ1v) is 10.0. The second-order valence-corrected chi connectivity index (χ2v) is 8.51. The van der Waals surface area contributed by atoms with E-state index < -0.39 is 0 Å². The molecule has 30 heavy (non-hydrogen) atoms. The molecule has 2 N–H and O–H groups in total. The van der Waals surface area contributed by atoms with E-state index in [0.717, 1.165) is 28.4 Å². The standard InChI is InChI=1S/C24H26N4O2/c1-15-7-5-8-16(11-15)25-22-21-19(13-24(2,3)14-20(21)29)27-23(28-22)26-17-9-6-10-18(12-17)30-4/h5-12H,13-14H2,1-4H3,(H2,25,26,27,28). The minimum atomic E-state index is -0.133. The van der Waals surface area contributed by atoms with E-state index in [2.05, 4.69) is 29.5 Å². The van der Waals surface area contributed by atoms with Crippen molar-refractivity contribution in [1.29, 1.82) is 0 Å². The van der Waals surface area contributed by atoms with Crippen LogP contribution in [0.1, 0.15) is 41.9 Å². The number of ketones is 1. The lowest BCUT2D eigenvalue weighted by atomic mass is 9.75. The number of ether oxygens (including phenoxy) is 1. The van der Waals surface area contributed by atoms with Gasteiger partial charge in [-0.05, 0) is 48.6 Å². The van der Waals surface area contributed by atoms with E-state index in [9.17, 15) is 4.79 Å². The van der Waals surface area contributed by atoms with Gasteiger partial charge in [-0.2, -0.15) is 4.98 Å². The van der Waals surface area contributed by atoms with Crippen molar-refractivity contribution in [2.24, 2.45) is 5.41 Å². The number of carbonyl (C=O) groups excluding carboxylic acids is 1. The maximum atomic E-state index is 13.0. The minimum absolute atomic E-state index is 0.0735. The summed E-state index contributed by atoms with van der Waals surface area (Å²) in [5.74, 6) is 1.80. The fourth-order valence-electron chi connectivity index (χ4n) is 3.80. The van der Waals surface area contributed by atoms with Crippen molar-refractivity contribution in [3.63, 3.8) is 0 Å². The lowest BCUT2D eigenvalue weighted by molar-refractivity contribution is 0.0911. The van der Waals surface area contributed by atoms with Gasteiger partial charge in [0.25, 0.3) is 0 Å². The molecule has 3 aromatic rings. The van der Waals surface area contributed by atoms with Crippen LogP contribution < -0.4 is 15.4 Å². The molecule has 0 unspecified atom stereocenters. The zero-order valence-electron chi connectivity index (χ0n) is 17.7. The molecule has 0 amide bonds. The van der Waals surface area contributed by atoms with E-state index >= 15 is 0 Å². The largest absolute Gasteiger partial charge is 0.497 e. The molecule has 0 fully saturated rings. The number of nitrogens with zero attached hydrogens (tertiary/aromatic N) is 2. The molecule has 154 valence electrons. The number of nitrogens with one attached hydrogen (secondary N) is 2. The van der Waals surface area contributed by atoms with E-state index in [4.69, 9.17) is 9.72 Å². The lowest BCUT2D eigenvalue weighted by Gasteiger charge is -2.30. The van der Waals surface area contributed by atoms with Crippen LogP contribution in [0.2, 0.25) is 0 Å². The molecule has 0 atom stereocenters. The Labute approximate surface area is 176 Å². The summed E-state index contributed by atoms with van der Waals surface area (Å²) in [6, 6.07) is 15.6. The molecule has 6 heteroatoms. The van der Waals surface area contributed by atoms with E-state index in [-0.39, 0.29) is 11.2 Å². The molecular formula is C24H26N4O2. The van der Waals surface area contributed by atoms with Crippen LogP contribution in [0.15, 0.2) is 48.5 Å². The fourth-order valence-corrected chi connectivity index (χ4v) is 3.80. The zero-order valence-corrected chi connectivity index (χ0v) is 17.7. The van der Waals surface area contributed by atoms with Gasteiger partial charge >= 0.3 is 0 Å². The average Bonchev–Trinajstić information content (AvgIpc) is 2.66. The number of hydrogen-bond donors (Lipinski definition) is 2. The Balaban J connectivity index is 1.77. The van der Waals surface area contributed by atoms with Crippen LogP contribution in [0.5, 0.6) is 5.75 Å². The number of aromatic nitrogens is 2. The molecule has 1 heterocycles. The predicted molar refractivity (Wildman–Crippen MR) is 119 cm³/mol. The van der Waals surface area contributed by atoms with Crippen LogP contribution in [0, 0.1) is 12.3 Å². The number of rotatable bonds is 5. The molecular weight excluding hydrogens is 376 g/mol. The van der Waals surface area contributed by atoms with Crippen molar-refractivity contribution >= 4 is 28.9 Å². The molecule has 0 saturated heterocycles. The summed E-state index contributed by atoms with van der Waals surface area (Å²) < 4.78 is 5.30. The molecule has 0 spiro atoms. The molecule has 1 aliphatic carbocycles. The first kappa shape index (κ1) is 19.9. The summed E-state index contributed by atoms with van der Waals surface area (Å²) in [5, 5.41) is 6.60. The normalized spacial score (nSPS) is 14.7. The maximum absolute atomic E-state index is 13.0. The van der Waals surface area contributed by atoms with Gasteiger partial charge in [-0.1, -0.05) is 32.0 Å². The number of Topliss-reactive ketones (excluding diaryl/α,β-unsaturated/α-hetero) is 1. The number of fused-ring (bicyclic) bond motifs is 1. The summed E-state index contributed by atoms with van der Waals surface area (Å²) >= 11 is 0. The average molecular weight is 402 g/mol. The van der Waals surface area contributed by atoms with Gasteiger partial charge in [0, 0.05) is 23.9 Å². The van der Waals surface area contributed by atoms with Gasteiger partial charge < -0.3 is 15.4 Å². The molecule has 1 aromatic heterocycles. The van der Waals surface area contributed by atoms with Crippen molar-refractivity contribution in [3.05, 3.63) is 65.4 Å². The fraction of sp³-hybridized carbons (Fsp3) is 0.292. The van der Waals surface area contributed by atoms with Crippen molar-refractivity contribution in [3.8, 4) is 5.75 Å². The van der Waals surface area contributed by atoms with Gasteiger partial charge in [0.2, 0.25) is 5.95 Å². The Bertz CT molecular complexity index is 1110. The minimum Gasteiger partial charge on any atom is -0.497 e. The number of carbonyl (C=O) groups is 1. The highest BCUT2D eigenvalue weighted by Gasteiger charge is 2.35. The molecule has 0 aliphatic heterocycles. The van der Waals surface area contributed by atoms with Crippen LogP contribution in [0.3, 0.4) is 0 Å². The Morgan fingerprint density at radius 2 is 1.70 bits per heavy atom. The molecule has 0 bridgehead atoms. The summed E-state index contributed by atoms with van der Waals surface area (Å²) in [7, 11) is 1.63. The first-order valence-electron chi connectivity index (χ1n) is 10.0. The van der Waals surface area contributed by atoms with Crippen LogP contribution in [-0.2, 0) is 6.42 Å². The zero-order chi connectivity index (χ0) is 21.3. The summed E-state index contributed by atoms with van der Waals surface area (Å²) in [6.07, 6.45) is 1.19. The molecule has 2 aromatic carbocycles. The highest BCUT2D eigenvalue weighted by molar-refractivity contribution is 6.03. The third-order valence-electron chi connectivity index (χ3n) is 5.15. The third kappa shape index (κ3) is 4.27. The van der Waals surface area contributed by atoms with Crippen LogP contribution in [0.4, 0.5) is 23.1 Å². The Kier molecular flexibility index (Phi) is 5.16. The van der Waals surface area contributed by atoms with E-state index in [1.54, 1.807) is 7.11 Å². The third-order valence-corrected chi connectivity index (χ3v) is 5.15. The van der Waals surface area contributed by atoms with Crippen LogP contribution in [-0.4, -0.2) is 22.9 Å². The van der Waals surface area contributed by atoms with E-state index in [1.807, 2.05) is 55.5 Å². The van der Waals surface area contributed by atoms with Gasteiger partial charge in [0.15, 0.2) is 5.78 Å². The smallest absolute Gasteiger partial charge is 0.229 e. The van der Waals surface area contributed by atoms with Crippen molar-refractivity contribution in [2.75, 3.05) is 17.7 Å². The van der Waals surface area contributed by atoms with Gasteiger partial charge in [0.1, 0.15) is 11.6 Å². The molecule has 0 radical (unpaired) electrons. The Morgan fingerprint density at radius 1 is 0.967 bits per heavy atom. The number of anilines is 4. The van der Waals surface area contributed by atoms with Crippen molar-refractivity contribution in [2.45, 2.75) is 33.6 Å². The van der Waals surface area contributed by atoms with Crippen LogP contribution >= 0.6 is 0 Å². The maximum Gasteiger partial charge on any atom is 0.229 e. The Hall–Kier alpha value is -3.41. The second kappa shape index (κ2) is 7.78. The van der Waals surface area contributed by atoms with Crippen molar-refractivity contribution in [1.82, 2.24) is 9.97 Å². The van der Waals surface area contributed by atoms with Gasteiger partial charge in [-0.25, -0.2) is 4.98 Å². The topological polar surface area (TPSA) is 76.1 Å². The van der Waals surface area contributed by atoms with Crippen LogP contribution in [0.25, 0.3) is 0 Å². The van der Waals surface area contributed by atoms with E-state index in [0.29, 0.717) is 30.2 Å². The molecule has 6 nitrogen and oxygen atoms in total. The quantitative estimate of drug-likeness (QED) is 0.592. The predicted octanol–water partition coefficient (Wildman–Crippen LogP) is 5.44. The van der Waals surface area contributed by atoms with Gasteiger partial charge in [-0.15, -0.1) is 0 Å². The SMILES string of the molecule is COc1cccc(Nc2nc3c(c(Nc4cccc(C)c4)n2)C(=O)CC(C)(C)C3)c1. The number of hydrogen-bond acceptors (Lipinski definition) is 6. The monoisotopic (exact) mass is 402 g/mol. The summed E-state index contributed by atoms with van der Waals surface area (Å²) in [4.78, 5) is 22.3. The van der Waals surface area contributed by atoms with E-state index in [1.165, 1.54) is 0 Å².